The van der Waals surface area contributed by atoms with E-state index in [2.05, 4.69) is 5.32 Å². The van der Waals surface area contributed by atoms with Crippen molar-refractivity contribution in [3.63, 3.8) is 0 Å². The number of nitrogens with two attached hydrogens (primary N) is 1. The molecule has 0 aromatic heterocycles. The van der Waals surface area contributed by atoms with E-state index in [1.807, 2.05) is 26.0 Å². The molecule has 124 valence electrons. The van der Waals surface area contributed by atoms with E-state index >= 15 is 0 Å². The molecule has 24 heavy (non-hydrogen) atoms. The molecule has 0 radical (unpaired) electrons. The highest BCUT2D eigenvalue weighted by atomic mass is 16.5. The molecule has 2 amide bonds. The highest BCUT2D eigenvalue weighted by molar-refractivity contribution is 6.04. The maximum atomic E-state index is 12.2. The third-order valence-electron chi connectivity index (χ3n) is 3.09. The van der Waals surface area contributed by atoms with Gasteiger partial charge in [0.2, 0.25) is 0 Å². The molecule has 5 heteroatoms. The van der Waals surface area contributed by atoms with Crippen LogP contribution in [-0.2, 0) is 4.79 Å². The lowest BCUT2D eigenvalue weighted by molar-refractivity contribution is -0.114. The van der Waals surface area contributed by atoms with Crippen molar-refractivity contribution in [3.05, 3.63) is 71.4 Å². The Kier molecular flexibility index (Phi) is 5.73. The van der Waals surface area contributed by atoms with Crippen molar-refractivity contribution >= 4 is 17.9 Å². The lowest BCUT2D eigenvalue weighted by Gasteiger charge is -2.11. The summed E-state index contributed by atoms with van der Waals surface area (Å²) in [7, 11) is 0. The van der Waals surface area contributed by atoms with Gasteiger partial charge in [-0.25, -0.2) is 0 Å². The third kappa shape index (κ3) is 4.98. The minimum atomic E-state index is -0.713. The Labute approximate surface area is 141 Å². The summed E-state index contributed by atoms with van der Waals surface area (Å²) in [5.41, 5.74) is 6.55. The third-order valence-corrected chi connectivity index (χ3v) is 3.09. The molecule has 0 spiro atoms. The van der Waals surface area contributed by atoms with E-state index in [1.165, 1.54) is 6.08 Å². The zero-order chi connectivity index (χ0) is 17.5. The molecular weight excluding hydrogens is 304 g/mol. The zero-order valence-electron chi connectivity index (χ0n) is 13.7. The first-order valence-corrected chi connectivity index (χ1v) is 7.60. The first kappa shape index (κ1) is 17.3. The van der Waals surface area contributed by atoms with E-state index in [-0.39, 0.29) is 11.8 Å². The van der Waals surface area contributed by atoms with Crippen molar-refractivity contribution in [2.24, 2.45) is 5.73 Å². The van der Waals surface area contributed by atoms with Gasteiger partial charge >= 0.3 is 0 Å². The predicted octanol–water partition coefficient (Wildman–Crippen LogP) is 2.73. The van der Waals surface area contributed by atoms with Crippen LogP contribution in [0.1, 0.15) is 29.8 Å². The summed E-state index contributed by atoms with van der Waals surface area (Å²) in [6.45, 7) is 3.86. The van der Waals surface area contributed by atoms with E-state index in [0.29, 0.717) is 16.9 Å². The van der Waals surface area contributed by atoms with Gasteiger partial charge in [-0.2, -0.15) is 0 Å². The van der Waals surface area contributed by atoms with E-state index in [9.17, 15) is 9.59 Å². The summed E-state index contributed by atoms with van der Waals surface area (Å²) in [4.78, 5) is 23.8. The molecule has 0 atom stereocenters. The molecular formula is C19H20N2O3. The minimum Gasteiger partial charge on any atom is -0.491 e. The van der Waals surface area contributed by atoms with Gasteiger partial charge in [0.05, 0.1) is 6.10 Å². The predicted molar refractivity (Wildman–Crippen MR) is 93.3 cm³/mol. The maximum absolute atomic E-state index is 12.2. The molecule has 0 saturated heterocycles. The highest BCUT2D eigenvalue weighted by Gasteiger charge is 2.11. The smallest absolute Gasteiger partial charge is 0.265 e. The first-order valence-electron chi connectivity index (χ1n) is 7.60. The van der Waals surface area contributed by atoms with Crippen LogP contribution in [0.25, 0.3) is 6.08 Å². The largest absolute Gasteiger partial charge is 0.491 e. The summed E-state index contributed by atoms with van der Waals surface area (Å²) in [6, 6.07) is 15.8. The fourth-order valence-corrected chi connectivity index (χ4v) is 2.07. The number of primary amides is 1. The van der Waals surface area contributed by atoms with E-state index in [0.717, 1.165) is 0 Å². The van der Waals surface area contributed by atoms with E-state index in [1.54, 1.807) is 42.5 Å². The van der Waals surface area contributed by atoms with Crippen LogP contribution in [0.5, 0.6) is 5.75 Å². The van der Waals surface area contributed by atoms with Crippen LogP contribution >= 0.6 is 0 Å². The number of benzene rings is 2. The number of hydrogen-bond donors (Lipinski definition) is 2. The van der Waals surface area contributed by atoms with Crippen molar-refractivity contribution < 1.29 is 14.3 Å². The zero-order valence-corrected chi connectivity index (χ0v) is 13.7. The number of rotatable bonds is 6. The molecule has 0 heterocycles. The molecule has 0 aliphatic carbocycles. The monoisotopic (exact) mass is 324 g/mol. The molecule has 0 bridgehead atoms. The average Bonchev–Trinajstić information content (AvgIpc) is 2.54. The second-order valence-corrected chi connectivity index (χ2v) is 5.48. The van der Waals surface area contributed by atoms with Gasteiger partial charge in [-0.1, -0.05) is 30.3 Å². The van der Waals surface area contributed by atoms with Crippen LogP contribution < -0.4 is 15.8 Å². The number of nitrogens with one attached hydrogen (secondary N) is 1. The molecule has 2 rings (SSSR count). The van der Waals surface area contributed by atoms with Crippen molar-refractivity contribution in [2.45, 2.75) is 20.0 Å². The first-order chi connectivity index (χ1) is 11.5. The number of carbonyl (C=O) groups is 2. The van der Waals surface area contributed by atoms with Gasteiger partial charge in [-0.05, 0) is 49.8 Å². The molecule has 0 aliphatic heterocycles. The second-order valence-electron chi connectivity index (χ2n) is 5.48. The Hall–Kier alpha value is -3.08. The van der Waals surface area contributed by atoms with Gasteiger partial charge < -0.3 is 15.8 Å². The fraction of sp³-hybridized carbons (Fsp3) is 0.158. The molecule has 0 fully saturated rings. The fourth-order valence-electron chi connectivity index (χ4n) is 2.07. The van der Waals surface area contributed by atoms with Crippen molar-refractivity contribution in [3.8, 4) is 5.75 Å². The Balaban J connectivity index is 2.22. The van der Waals surface area contributed by atoms with Crippen LogP contribution in [0.3, 0.4) is 0 Å². The number of ether oxygens (including phenoxy) is 1. The maximum Gasteiger partial charge on any atom is 0.265 e. The van der Waals surface area contributed by atoms with Crippen LogP contribution in [0.15, 0.2) is 60.3 Å². The van der Waals surface area contributed by atoms with Gasteiger partial charge in [0.1, 0.15) is 11.4 Å². The van der Waals surface area contributed by atoms with E-state index in [4.69, 9.17) is 10.5 Å². The molecule has 2 aromatic rings. The lowest BCUT2D eigenvalue weighted by atomic mass is 10.1. The average molecular weight is 324 g/mol. The summed E-state index contributed by atoms with van der Waals surface area (Å²) in [6.07, 6.45) is 1.56. The Morgan fingerprint density at radius 3 is 2.42 bits per heavy atom. The Morgan fingerprint density at radius 1 is 1.08 bits per heavy atom. The molecule has 3 N–H and O–H groups in total. The highest BCUT2D eigenvalue weighted by Crippen LogP contribution is 2.17. The van der Waals surface area contributed by atoms with Gasteiger partial charge in [0.15, 0.2) is 0 Å². The molecule has 0 aliphatic rings. The standard InChI is InChI=1S/C19H20N2O3/c1-13(2)24-16-10-6-7-14(11-16)12-17(18(20)22)21-19(23)15-8-4-3-5-9-15/h3-13H,1-2H3,(H2,20,22)(H,21,23). The summed E-state index contributed by atoms with van der Waals surface area (Å²) >= 11 is 0. The molecule has 2 aromatic carbocycles. The number of amides is 2. The normalized spacial score (nSPS) is 11.2. The van der Waals surface area contributed by atoms with Crippen LogP contribution in [0.4, 0.5) is 0 Å². The summed E-state index contributed by atoms with van der Waals surface area (Å²) < 4.78 is 5.61. The number of hydrogen-bond acceptors (Lipinski definition) is 3. The van der Waals surface area contributed by atoms with Crippen molar-refractivity contribution in [1.82, 2.24) is 5.32 Å². The van der Waals surface area contributed by atoms with Crippen molar-refractivity contribution in [1.29, 1.82) is 0 Å². The molecule has 0 unspecified atom stereocenters. The van der Waals surface area contributed by atoms with Crippen LogP contribution in [0, 0.1) is 0 Å². The SMILES string of the molecule is CC(C)Oc1cccc(C=C(NC(=O)c2ccccc2)C(N)=O)c1. The van der Waals surface area contributed by atoms with Crippen LogP contribution in [0.2, 0.25) is 0 Å². The second kappa shape index (κ2) is 7.97. The van der Waals surface area contributed by atoms with Crippen molar-refractivity contribution in [2.75, 3.05) is 0 Å². The Morgan fingerprint density at radius 2 is 1.79 bits per heavy atom. The van der Waals surface area contributed by atoms with E-state index < -0.39 is 11.8 Å². The van der Waals surface area contributed by atoms with Crippen LogP contribution in [-0.4, -0.2) is 17.9 Å². The molecule has 0 saturated carbocycles. The van der Waals surface area contributed by atoms with Gasteiger partial charge in [0, 0.05) is 5.56 Å². The Bertz CT molecular complexity index is 752. The lowest BCUT2D eigenvalue weighted by Crippen LogP contribution is -2.31. The van der Waals surface area contributed by atoms with Gasteiger partial charge in [-0.3, -0.25) is 9.59 Å². The summed E-state index contributed by atoms with van der Waals surface area (Å²) in [5.74, 6) is -0.429. The molecule has 5 nitrogen and oxygen atoms in total. The quantitative estimate of drug-likeness (QED) is 0.802. The summed E-state index contributed by atoms with van der Waals surface area (Å²) in [5, 5.41) is 2.55. The number of carbonyl (C=O) groups excluding carboxylic acids is 2. The van der Waals surface area contributed by atoms with Gasteiger partial charge in [0.25, 0.3) is 11.8 Å². The minimum absolute atomic E-state index is 0.0190. The topological polar surface area (TPSA) is 81.4 Å². The van der Waals surface area contributed by atoms with Gasteiger partial charge in [-0.15, -0.1) is 0 Å².